The van der Waals surface area contributed by atoms with Crippen LogP contribution in [0.1, 0.15) is 50.2 Å². The van der Waals surface area contributed by atoms with Gasteiger partial charge in [0.05, 0.1) is 19.1 Å². The number of rotatable bonds is 5. The lowest BCUT2D eigenvalue weighted by Crippen LogP contribution is -2.16. The summed E-state index contributed by atoms with van der Waals surface area (Å²) in [6.07, 6.45) is 1.35. The van der Waals surface area contributed by atoms with E-state index in [4.69, 9.17) is 14.9 Å². The number of hydrogen-bond acceptors (Lipinski definition) is 4. The van der Waals surface area contributed by atoms with Gasteiger partial charge in [-0.1, -0.05) is 6.92 Å². The quantitative estimate of drug-likeness (QED) is 0.798. The Kier molecular flexibility index (Phi) is 3.52. The molecule has 1 fully saturated rings. The van der Waals surface area contributed by atoms with Crippen molar-refractivity contribution in [3.8, 4) is 0 Å². The molecule has 0 aromatic carbocycles. The molecule has 1 aromatic heterocycles. The Balaban J connectivity index is 1.92. The molecule has 2 rings (SSSR count). The Morgan fingerprint density at radius 1 is 1.65 bits per heavy atom. The molecule has 94 valence electrons. The maximum absolute atomic E-state index is 11.3. The molecule has 3 unspecified atom stereocenters. The smallest absolute Gasteiger partial charge is 0.307 e. The summed E-state index contributed by atoms with van der Waals surface area (Å²) in [5, 5.41) is 0. The number of esters is 1. The molecule has 2 N–H and O–H groups in total. The summed E-state index contributed by atoms with van der Waals surface area (Å²) in [5.74, 6) is 2.63. The van der Waals surface area contributed by atoms with E-state index in [1.165, 1.54) is 6.42 Å². The van der Waals surface area contributed by atoms with Crippen LogP contribution in [0.25, 0.3) is 0 Å². The Bertz CT molecular complexity index is 399. The predicted molar refractivity (Wildman–Crippen MR) is 63.4 cm³/mol. The lowest BCUT2D eigenvalue weighted by atomic mass is 10.2. The SMILES string of the molecule is CCOC(=O)CC(N)c1ccc(C2CC2C)o1. The van der Waals surface area contributed by atoms with Gasteiger partial charge in [0.1, 0.15) is 11.5 Å². The summed E-state index contributed by atoms with van der Waals surface area (Å²) in [4.78, 5) is 11.3. The maximum Gasteiger partial charge on any atom is 0.307 e. The highest BCUT2D eigenvalue weighted by Gasteiger charge is 2.36. The minimum atomic E-state index is -0.406. The third kappa shape index (κ3) is 2.88. The van der Waals surface area contributed by atoms with Crippen LogP contribution in [0.5, 0.6) is 0 Å². The van der Waals surface area contributed by atoms with E-state index in [1.54, 1.807) is 6.92 Å². The summed E-state index contributed by atoms with van der Waals surface area (Å²) in [7, 11) is 0. The number of carbonyl (C=O) groups is 1. The second kappa shape index (κ2) is 4.92. The molecule has 0 aliphatic heterocycles. The van der Waals surface area contributed by atoms with Crippen molar-refractivity contribution in [3.63, 3.8) is 0 Å². The Morgan fingerprint density at radius 2 is 2.35 bits per heavy atom. The highest BCUT2D eigenvalue weighted by atomic mass is 16.5. The largest absolute Gasteiger partial charge is 0.466 e. The normalized spacial score (nSPS) is 24.4. The molecule has 0 saturated heterocycles. The van der Waals surface area contributed by atoms with Crippen LogP contribution in [0, 0.1) is 5.92 Å². The summed E-state index contributed by atoms with van der Waals surface area (Å²) in [6, 6.07) is 3.43. The number of ether oxygens (including phenoxy) is 1. The summed E-state index contributed by atoms with van der Waals surface area (Å²) < 4.78 is 10.5. The van der Waals surface area contributed by atoms with Crippen molar-refractivity contribution < 1.29 is 13.9 Å². The van der Waals surface area contributed by atoms with Crippen LogP contribution in [0.2, 0.25) is 0 Å². The van der Waals surface area contributed by atoms with Crippen molar-refractivity contribution in [1.82, 2.24) is 0 Å². The fourth-order valence-electron chi connectivity index (χ4n) is 1.99. The number of nitrogens with two attached hydrogens (primary N) is 1. The Hall–Kier alpha value is -1.29. The van der Waals surface area contributed by atoms with Crippen LogP contribution in [-0.4, -0.2) is 12.6 Å². The predicted octanol–water partition coefficient (Wildman–Crippen LogP) is 2.36. The minimum absolute atomic E-state index is 0.168. The van der Waals surface area contributed by atoms with Crippen LogP contribution in [0.3, 0.4) is 0 Å². The monoisotopic (exact) mass is 237 g/mol. The molecular weight excluding hydrogens is 218 g/mol. The van der Waals surface area contributed by atoms with Crippen molar-refractivity contribution >= 4 is 5.97 Å². The van der Waals surface area contributed by atoms with Crippen LogP contribution in [-0.2, 0) is 9.53 Å². The molecule has 17 heavy (non-hydrogen) atoms. The minimum Gasteiger partial charge on any atom is -0.466 e. The molecule has 3 atom stereocenters. The first-order valence-corrected chi connectivity index (χ1v) is 6.12. The van der Waals surface area contributed by atoms with Crippen LogP contribution < -0.4 is 5.73 Å². The first-order chi connectivity index (χ1) is 8.11. The fraction of sp³-hybridized carbons (Fsp3) is 0.615. The van der Waals surface area contributed by atoms with Crippen molar-refractivity contribution in [1.29, 1.82) is 0 Å². The topological polar surface area (TPSA) is 65.5 Å². The van der Waals surface area contributed by atoms with E-state index in [0.717, 1.165) is 5.76 Å². The van der Waals surface area contributed by atoms with Crippen LogP contribution >= 0.6 is 0 Å². The van der Waals surface area contributed by atoms with E-state index in [-0.39, 0.29) is 12.4 Å². The highest BCUT2D eigenvalue weighted by molar-refractivity contribution is 5.70. The van der Waals surface area contributed by atoms with Crippen molar-refractivity contribution in [2.45, 2.75) is 38.6 Å². The van der Waals surface area contributed by atoms with Gasteiger partial charge in [-0.15, -0.1) is 0 Å². The summed E-state index contributed by atoms with van der Waals surface area (Å²) in [6.45, 7) is 4.36. The number of hydrogen-bond donors (Lipinski definition) is 1. The van der Waals surface area contributed by atoms with Gasteiger partial charge >= 0.3 is 5.97 Å². The average Bonchev–Trinajstić information content (AvgIpc) is 2.81. The molecule has 4 heteroatoms. The average molecular weight is 237 g/mol. The Morgan fingerprint density at radius 3 is 2.94 bits per heavy atom. The zero-order valence-electron chi connectivity index (χ0n) is 10.3. The van der Waals surface area contributed by atoms with E-state index in [9.17, 15) is 4.79 Å². The van der Waals surface area contributed by atoms with Crippen molar-refractivity contribution in [2.75, 3.05) is 6.61 Å². The van der Waals surface area contributed by atoms with Gasteiger partial charge < -0.3 is 14.9 Å². The van der Waals surface area contributed by atoms with Crippen molar-refractivity contribution in [2.24, 2.45) is 11.7 Å². The Labute approximate surface area is 101 Å². The van der Waals surface area contributed by atoms with Crippen molar-refractivity contribution in [3.05, 3.63) is 23.7 Å². The zero-order chi connectivity index (χ0) is 12.4. The molecule has 0 radical (unpaired) electrons. The van der Waals surface area contributed by atoms with Gasteiger partial charge in [0, 0.05) is 5.92 Å². The highest BCUT2D eigenvalue weighted by Crippen LogP contribution is 2.47. The molecule has 1 aromatic rings. The van der Waals surface area contributed by atoms with Gasteiger partial charge in [0.25, 0.3) is 0 Å². The second-order valence-electron chi connectivity index (χ2n) is 4.68. The summed E-state index contributed by atoms with van der Waals surface area (Å²) >= 11 is 0. The molecule has 4 nitrogen and oxygen atoms in total. The number of furan rings is 1. The first kappa shape index (κ1) is 12.2. The van der Waals surface area contributed by atoms with Gasteiger partial charge in [-0.05, 0) is 31.4 Å². The standard InChI is InChI=1S/C13H19NO3/c1-3-16-13(15)7-10(14)12-5-4-11(17-12)9-6-8(9)2/h4-5,8-10H,3,6-7,14H2,1-2H3. The van der Waals surface area contributed by atoms with Gasteiger partial charge in [0.2, 0.25) is 0 Å². The second-order valence-corrected chi connectivity index (χ2v) is 4.68. The van der Waals surface area contributed by atoms with Gasteiger partial charge in [-0.3, -0.25) is 4.79 Å². The molecule has 0 spiro atoms. The molecule has 1 saturated carbocycles. The third-order valence-electron chi connectivity index (χ3n) is 3.18. The van der Waals surface area contributed by atoms with Gasteiger partial charge in [-0.2, -0.15) is 0 Å². The molecule has 1 heterocycles. The van der Waals surface area contributed by atoms with Gasteiger partial charge in [0.15, 0.2) is 0 Å². The third-order valence-corrected chi connectivity index (χ3v) is 3.18. The molecule has 1 aliphatic rings. The summed E-state index contributed by atoms with van der Waals surface area (Å²) in [5.41, 5.74) is 5.90. The fourth-order valence-corrected chi connectivity index (χ4v) is 1.99. The zero-order valence-corrected chi connectivity index (χ0v) is 10.3. The molecule has 0 amide bonds. The van der Waals surface area contributed by atoms with E-state index < -0.39 is 6.04 Å². The lowest BCUT2D eigenvalue weighted by molar-refractivity contribution is -0.143. The van der Waals surface area contributed by atoms with E-state index in [1.807, 2.05) is 12.1 Å². The van der Waals surface area contributed by atoms with E-state index >= 15 is 0 Å². The first-order valence-electron chi connectivity index (χ1n) is 6.12. The maximum atomic E-state index is 11.3. The molecule has 0 bridgehead atoms. The van der Waals surface area contributed by atoms with E-state index in [2.05, 4.69) is 6.92 Å². The molecular formula is C13H19NO3. The van der Waals surface area contributed by atoms with E-state index in [0.29, 0.717) is 24.2 Å². The lowest BCUT2D eigenvalue weighted by Gasteiger charge is -2.07. The molecule has 1 aliphatic carbocycles. The van der Waals surface area contributed by atoms with Gasteiger partial charge in [-0.25, -0.2) is 0 Å². The van der Waals surface area contributed by atoms with Crippen LogP contribution in [0.4, 0.5) is 0 Å². The number of carbonyl (C=O) groups excluding carboxylic acids is 1. The van der Waals surface area contributed by atoms with Crippen LogP contribution in [0.15, 0.2) is 16.5 Å².